The molecule has 0 aliphatic carbocycles. The van der Waals surface area contributed by atoms with Crippen LogP contribution in [0.1, 0.15) is 19.3 Å². The standard InChI is InChI=1S/C22H42N6O7/c1-23-5-3-2-4-6-24-19(29)15-25-7-9-26(16-20(30)31)11-13-28(18-22(34)35)14-12-27(10-8-25)17-21(32)33/h23H,2-18H2,1H3,(H,24,29)(H,30,31)(H,32,33)(H,34,35). The van der Waals surface area contributed by atoms with Gasteiger partial charge in [-0.2, -0.15) is 0 Å². The summed E-state index contributed by atoms with van der Waals surface area (Å²) in [4.78, 5) is 53.5. The first-order valence-electron chi connectivity index (χ1n) is 12.2. The van der Waals surface area contributed by atoms with Gasteiger partial charge in [-0.25, -0.2) is 0 Å². The molecule has 0 unspecified atom stereocenters. The zero-order valence-electron chi connectivity index (χ0n) is 20.8. The van der Waals surface area contributed by atoms with Crippen LogP contribution in [0.3, 0.4) is 0 Å². The van der Waals surface area contributed by atoms with E-state index in [9.17, 15) is 34.5 Å². The molecule has 0 aromatic heterocycles. The normalized spacial score (nSPS) is 17.9. The summed E-state index contributed by atoms with van der Waals surface area (Å²) in [6.45, 7) is 4.14. The highest BCUT2D eigenvalue weighted by Crippen LogP contribution is 2.02. The fourth-order valence-electron chi connectivity index (χ4n) is 3.88. The topological polar surface area (TPSA) is 166 Å². The summed E-state index contributed by atoms with van der Waals surface area (Å²) in [5.41, 5.74) is 0. The molecule has 0 aromatic carbocycles. The van der Waals surface area contributed by atoms with Gasteiger partial charge in [0.1, 0.15) is 0 Å². The van der Waals surface area contributed by atoms with Gasteiger partial charge in [-0.05, 0) is 26.4 Å². The van der Waals surface area contributed by atoms with Crippen LogP contribution in [-0.4, -0.2) is 157 Å². The average molecular weight is 503 g/mol. The second kappa shape index (κ2) is 18.0. The first-order valence-corrected chi connectivity index (χ1v) is 12.2. The third-order valence-corrected chi connectivity index (χ3v) is 5.80. The molecule has 1 aliphatic heterocycles. The lowest BCUT2D eigenvalue weighted by Gasteiger charge is -2.32. The van der Waals surface area contributed by atoms with Crippen LogP contribution in [0.4, 0.5) is 0 Å². The van der Waals surface area contributed by atoms with Crippen molar-refractivity contribution >= 4 is 23.8 Å². The van der Waals surface area contributed by atoms with Crippen molar-refractivity contribution in [3.8, 4) is 0 Å². The number of hydrogen-bond acceptors (Lipinski definition) is 9. The molecule has 0 bridgehead atoms. The number of carbonyl (C=O) groups excluding carboxylic acids is 1. The maximum absolute atomic E-state index is 12.5. The first kappa shape index (κ1) is 30.7. The van der Waals surface area contributed by atoms with Crippen molar-refractivity contribution in [2.75, 3.05) is 98.7 Å². The molecular formula is C22H42N6O7. The van der Waals surface area contributed by atoms with Crippen molar-refractivity contribution in [2.24, 2.45) is 0 Å². The van der Waals surface area contributed by atoms with Gasteiger partial charge in [-0.3, -0.25) is 38.8 Å². The van der Waals surface area contributed by atoms with Crippen molar-refractivity contribution in [3.05, 3.63) is 0 Å². The number of carbonyl (C=O) groups is 4. The molecule has 5 N–H and O–H groups in total. The van der Waals surface area contributed by atoms with Crippen LogP contribution in [-0.2, 0) is 19.2 Å². The lowest BCUT2D eigenvalue weighted by Crippen LogP contribution is -2.49. The van der Waals surface area contributed by atoms with Gasteiger partial charge in [-0.1, -0.05) is 6.42 Å². The minimum atomic E-state index is -0.995. The van der Waals surface area contributed by atoms with Crippen molar-refractivity contribution in [2.45, 2.75) is 19.3 Å². The smallest absolute Gasteiger partial charge is 0.317 e. The zero-order valence-corrected chi connectivity index (χ0v) is 20.8. The lowest BCUT2D eigenvalue weighted by atomic mass is 10.2. The van der Waals surface area contributed by atoms with Crippen LogP contribution in [0, 0.1) is 0 Å². The van der Waals surface area contributed by atoms with E-state index in [0.29, 0.717) is 58.9 Å². The summed E-state index contributed by atoms with van der Waals surface area (Å²) >= 11 is 0. The van der Waals surface area contributed by atoms with Gasteiger partial charge in [0.05, 0.1) is 26.2 Å². The summed E-state index contributed by atoms with van der Waals surface area (Å²) in [6, 6.07) is 0. The SMILES string of the molecule is CNCCCCCNC(=O)CN1CCN(CC(=O)O)CCN(CC(=O)O)CCN(CC(=O)O)CC1. The highest BCUT2D eigenvalue weighted by molar-refractivity contribution is 5.78. The molecule has 1 aliphatic rings. The second-order valence-corrected chi connectivity index (χ2v) is 8.80. The van der Waals surface area contributed by atoms with Crippen LogP contribution in [0.25, 0.3) is 0 Å². The Morgan fingerprint density at radius 1 is 0.571 bits per heavy atom. The Balaban J connectivity index is 2.79. The average Bonchev–Trinajstić information content (AvgIpc) is 2.77. The van der Waals surface area contributed by atoms with Gasteiger partial charge in [0.2, 0.25) is 5.91 Å². The Morgan fingerprint density at radius 2 is 0.914 bits per heavy atom. The van der Waals surface area contributed by atoms with E-state index < -0.39 is 17.9 Å². The Hall–Kier alpha value is -2.32. The molecule has 1 amide bonds. The van der Waals surface area contributed by atoms with E-state index in [1.807, 2.05) is 11.9 Å². The van der Waals surface area contributed by atoms with Crippen molar-refractivity contribution < 1.29 is 34.5 Å². The van der Waals surface area contributed by atoms with Gasteiger partial charge in [0.15, 0.2) is 0 Å². The van der Waals surface area contributed by atoms with E-state index in [4.69, 9.17) is 0 Å². The van der Waals surface area contributed by atoms with Gasteiger partial charge in [-0.15, -0.1) is 0 Å². The quantitative estimate of drug-likeness (QED) is 0.166. The van der Waals surface area contributed by atoms with E-state index in [1.54, 1.807) is 14.7 Å². The molecule has 1 rings (SSSR count). The predicted octanol–water partition coefficient (Wildman–Crippen LogP) is -2.03. The molecule has 1 fully saturated rings. The van der Waals surface area contributed by atoms with Gasteiger partial charge < -0.3 is 26.0 Å². The Morgan fingerprint density at radius 3 is 1.26 bits per heavy atom. The number of nitrogens with one attached hydrogen (secondary N) is 2. The minimum Gasteiger partial charge on any atom is -0.480 e. The summed E-state index contributed by atoms with van der Waals surface area (Å²) < 4.78 is 0. The van der Waals surface area contributed by atoms with Crippen molar-refractivity contribution in [1.82, 2.24) is 30.2 Å². The third-order valence-electron chi connectivity index (χ3n) is 5.80. The number of aliphatic carboxylic acids is 3. The van der Waals surface area contributed by atoms with E-state index in [1.165, 1.54) is 0 Å². The zero-order chi connectivity index (χ0) is 26.1. The number of unbranched alkanes of at least 4 members (excludes halogenated alkanes) is 2. The molecule has 35 heavy (non-hydrogen) atoms. The molecule has 0 saturated carbocycles. The first-order chi connectivity index (χ1) is 16.7. The molecular weight excluding hydrogens is 460 g/mol. The molecule has 13 nitrogen and oxygen atoms in total. The monoisotopic (exact) mass is 502 g/mol. The maximum atomic E-state index is 12.5. The van der Waals surface area contributed by atoms with E-state index in [0.717, 1.165) is 25.8 Å². The molecule has 13 heteroatoms. The molecule has 202 valence electrons. The number of nitrogens with zero attached hydrogens (tertiary/aromatic N) is 4. The minimum absolute atomic E-state index is 0.118. The summed E-state index contributed by atoms with van der Waals surface area (Å²) in [7, 11) is 1.90. The van der Waals surface area contributed by atoms with Crippen LogP contribution in [0.5, 0.6) is 0 Å². The van der Waals surface area contributed by atoms with E-state index in [-0.39, 0.29) is 32.1 Å². The highest BCUT2D eigenvalue weighted by Gasteiger charge is 2.21. The highest BCUT2D eigenvalue weighted by atomic mass is 16.4. The summed E-state index contributed by atoms with van der Waals surface area (Å²) in [5.74, 6) is -3.06. The summed E-state index contributed by atoms with van der Waals surface area (Å²) in [5, 5.41) is 33.8. The molecule has 0 radical (unpaired) electrons. The van der Waals surface area contributed by atoms with Crippen LogP contribution < -0.4 is 10.6 Å². The Bertz CT molecular complexity index is 634. The fraction of sp³-hybridized carbons (Fsp3) is 0.818. The van der Waals surface area contributed by atoms with Gasteiger partial charge in [0, 0.05) is 58.9 Å². The fourth-order valence-corrected chi connectivity index (χ4v) is 3.88. The molecule has 1 saturated heterocycles. The van der Waals surface area contributed by atoms with E-state index >= 15 is 0 Å². The Labute approximate surface area is 207 Å². The van der Waals surface area contributed by atoms with Crippen LogP contribution >= 0.6 is 0 Å². The predicted molar refractivity (Wildman–Crippen MR) is 129 cm³/mol. The van der Waals surface area contributed by atoms with Gasteiger partial charge >= 0.3 is 17.9 Å². The number of carboxylic acids is 3. The van der Waals surface area contributed by atoms with Crippen molar-refractivity contribution in [3.63, 3.8) is 0 Å². The van der Waals surface area contributed by atoms with Gasteiger partial charge in [0.25, 0.3) is 0 Å². The number of amides is 1. The molecule has 0 aromatic rings. The largest absolute Gasteiger partial charge is 0.480 e. The summed E-state index contributed by atoms with van der Waals surface area (Å²) in [6.07, 6.45) is 2.94. The third kappa shape index (κ3) is 16.1. The Kier molecular flexibility index (Phi) is 15.8. The van der Waals surface area contributed by atoms with Crippen LogP contribution in [0.15, 0.2) is 0 Å². The van der Waals surface area contributed by atoms with Crippen LogP contribution in [0.2, 0.25) is 0 Å². The number of rotatable bonds is 14. The lowest BCUT2D eigenvalue weighted by molar-refractivity contribution is -0.140. The number of hydrogen-bond donors (Lipinski definition) is 5. The maximum Gasteiger partial charge on any atom is 0.317 e. The number of carboxylic acid groups (broad SMARTS) is 3. The molecule has 0 spiro atoms. The van der Waals surface area contributed by atoms with Crippen molar-refractivity contribution in [1.29, 1.82) is 0 Å². The second-order valence-electron chi connectivity index (χ2n) is 8.80. The molecule has 1 heterocycles. The van der Waals surface area contributed by atoms with E-state index in [2.05, 4.69) is 10.6 Å². The molecule has 0 atom stereocenters.